The Labute approximate surface area is 213 Å². The third-order valence-electron chi connectivity index (χ3n) is 7.02. The fraction of sp³-hybridized carbons (Fsp3) is 0.0968. The summed E-state index contributed by atoms with van der Waals surface area (Å²) in [5.74, 6) is -0.635. The number of hydrogen-bond donors (Lipinski definition) is 4. The largest absolute Gasteiger partial charge is 0.297 e. The zero-order chi connectivity index (χ0) is 25.5. The van der Waals surface area contributed by atoms with Gasteiger partial charge in [-0.2, -0.15) is 0 Å². The first kappa shape index (κ1) is 22.6. The molecule has 6 rings (SSSR count). The maximum atomic E-state index is 13.5. The molecule has 4 N–H and O–H groups in total. The Bertz CT molecular complexity index is 1730. The van der Waals surface area contributed by atoms with Crippen molar-refractivity contribution in [1.29, 1.82) is 0 Å². The number of aromatic amines is 4. The molecule has 0 aliphatic heterocycles. The Morgan fingerprint density at radius 3 is 1.57 bits per heavy atom. The Hall–Kier alpha value is -4.84. The normalized spacial score (nSPS) is 11.4. The van der Waals surface area contributed by atoms with Crippen molar-refractivity contribution in [2.75, 3.05) is 0 Å². The molecule has 0 fully saturated rings. The molecule has 6 aromatic rings. The number of nitrogens with one attached hydrogen (secondary N) is 4. The molecule has 0 unspecified atom stereocenters. The van der Waals surface area contributed by atoms with E-state index in [9.17, 15) is 9.59 Å². The van der Waals surface area contributed by atoms with Crippen LogP contribution in [0.2, 0.25) is 0 Å². The van der Waals surface area contributed by atoms with E-state index in [-0.39, 0.29) is 11.1 Å². The van der Waals surface area contributed by atoms with E-state index in [2.05, 4.69) is 20.4 Å². The molecule has 6 heteroatoms. The van der Waals surface area contributed by atoms with E-state index in [1.165, 1.54) is 0 Å². The van der Waals surface area contributed by atoms with Gasteiger partial charge >= 0.3 is 0 Å². The van der Waals surface area contributed by atoms with E-state index in [0.29, 0.717) is 22.5 Å². The molecule has 0 bridgehead atoms. The average Bonchev–Trinajstić information content (AvgIpc) is 3.48. The summed E-state index contributed by atoms with van der Waals surface area (Å²) in [6, 6.07) is 30.1. The molecular formula is C31H26N4O2. The molecule has 0 radical (unpaired) electrons. The van der Waals surface area contributed by atoms with Gasteiger partial charge < -0.3 is 0 Å². The van der Waals surface area contributed by atoms with E-state index in [1.807, 2.05) is 105 Å². The van der Waals surface area contributed by atoms with Crippen LogP contribution in [0, 0.1) is 13.8 Å². The maximum Gasteiger partial charge on any atom is 0.268 e. The standard InChI is InChI=1S/C31H26N4O2/c1-18-10-14-21(15-11-18)28-26(30(36)34-32-28)25(24-9-5-7-20-6-3-4-8-23(20)24)27-29(33-35-31(27)37)22-16-12-19(2)13-17-22/h3-17,25H,1-2H3,(H2,32,34,36)(H2,33,35,37). The third-order valence-corrected chi connectivity index (χ3v) is 7.02. The molecule has 0 spiro atoms. The molecular weight excluding hydrogens is 460 g/mol. The van der Waals surface area contributed by atoms with E-state index < -0.39 is 5.92 Å². The third kappa shape index (κ3) is 3.93. The topological polar surface area (TPSA) is 97.3 Å². The lowest BCUT2D eigenvalue weighted by Crippen LogP contribution is -2.20. The monoisotopic (exact) mass is 486 g/mol. The van der Waals surface area contributed by atoms with Crippen LogP contribution in [0.1, 0.15) is 33.7 Å². The summed E-state index contributed by atoms with van der Waals surface area (Å²) < 4.78 is 0. The van der Waals surface area contributed by atoms with Crippen LogP contribution in [0.4, 0.5) is 0 Å². The Balaban J connectivity index is 1.69. The molecule has 2 heterocycles. The quantitative estimate of drug-likeness (QED) is 0.240. The maximum absolute atomic E-state index is 13.5. The zero-order valence-corrected chi connectivity index (χ0v) is 20.6. The van der Waals surface area contributed by atoms with Gasteiger partial charge in [-0.1, -0.05) is 102 Å². The fourth-order valence-corrected chi connectivity index (χ4v) is 5.14. The van der Waals surface area contributed by atoms with Gasteiger partial charge in [-0.25, -0.2) is 0 Å². The van der Waals surface area contributed by atoms with E-state index in [4.69, 9.17) is 0 Å². The molecule has 0 saturated carbocycles. The van der Waals surface area contributed by atoms with Gasteiger partial charge in [0.05, 0.1) is 22.5 Å². The van der Waals surface area contributed by atoms with Gasteiger partial charge in [0.2, 0.25) is 0 Å². The van der Waals surface area contributed by atoms with Gasteiger partial charge in [0.25, 0.3) is 11.1 Å². The first-order valence-corrected chi connectivity index (χ1v) is 12.2. The van der Waals surface area contributed by atoms with Gasteiger partial charge in [-0.15, -0.1) is 0 Å². The first-order valence-electron chi connectivity index (χ1n) is 12.2. The fourth-order valence-electron chi connectivity index (χ4n) is 5.14. The highest BCUT2D eigenvalue weighted by Gasteiger charge is 2.32. The minimum Gasteiger partial charge on any atom is -0.297 e. The molecule has 0 aliphatic carbocycles. The molecule has 4 aromatic carbocycles. The van der Waals surface area contributed by atoms with Crippen LogP contribution in [0.25, 0.3) is 33.3 Å². The van der Waals surface area contributed by atoms with Crippen LogP contribution in [0.5, 0.6) is 0 Å². The second kappa shape index (κ2) is 8.99. The Morgan fingerprint density at radius 2 is 1.03 bits per heavy atom. The van der Waals surface area contributed by atoms with Crippen molar-refractivity contribution in [1.82, 2.24) is 20.4 Å². The van der Waals surface area contributed by atoms with Crippen molar-refractivity contribution >= 4 is 10.8 Å². The van der Waals surface area contributed by atoms with Crippen LogP contribution in [-0.4, -0.2) is 20.4 Å². The van der Waals surface area contributed by atoms with Gasteiger partial charge in [-0.3, -0.25) is 30.0 Å². The van der Waals surface area contributed by atoms with E-state index >= 15 is 0 Å². The average molecular weight is 487 g/mol. The Morgan fingerprint density at radius 1 is 0.541 bits per heavy atom. The lowest BCUT2D eigenvalue weighted by Gasteiger charge is -2.20. The number of benzene rings is 4. The minimum absolute atomic E-state index is 0.260. The number of aryl methyl sites for hydroxylation is 2. The predicted octanol–water partition coefficient (Wildman–Crippen LogP) is 6.00. The summed E-state index contributed by atoms with van der Waals surface area (Å²) in [6.45, 7) is 4.05. The lowest BCUT2D eigenvalue weighted by molar-refractivity contribution is 0.964. The van der Waals surface area contributed by atoms with Gasteiger partial charge in [0.1, 0.15) is 0 Å². The molecule has 6 nitrogen and oxygen atoms in total. The van der Waals surface area contributed by atoms with Crippen LogP contribution in [0.15, 0.2) is 101 Å². The van der Waals surface area contributed by atoms with E-state index in [1.54, 1.807) is 0 Å². The smallest absolute Gasteiger partial charge is 0.268 e. The summed E-state index contributed by atoms with van der Waals surface area (Å²) in [5, 5.41) is 13.8. The van der Waals surface area contributed by atoms with E-state index in [0.717, 1.165) is 38.6 Å². The number of H-pyrrole nitrogens is 4. The highest BCUT2D eigenvalue weighted by atomic mass is 16.1. The van der Waals surface area contributed by atoms with Gasteiger partial charge in [0.15, 0.2) is 0 Å². The van der Waals surface area contributed by atoms with Crippen LogP contribution in [-0.2, 0) is 0 Å². The molecule has 0 amide bonds. The predicted molar refractivity (Wildman–Crippen MR) is 148 cm³/mol. The molecule has 2 aromatic heterocycles. The van der Waals surface area contributed by atoms with Crippen molar-refractivity contribution in [2.24, 2.45) is 0 Å². The van der Waals surface area contributed by atoms with Crippen molar-refractivity contribution in [3.63, 3.8) is 0 Å². The number of fused-ring (bicyclic) bond motifs is 1. The lowest BCUT2D eigenvalue weighted by atomic mass is 9.81. The highest BCUT2D eigenvalue weighted by Crippen LogP contribution is 2.40. The molecule has 37 heavy (non-hydrogen) atoms. The SMILES string of the molecule is Cc1ccc(-c2[nH][nH]c(=O)c2C(c2c(-c3ccc(C)cc3)[nH][nH]c2=O)c2cccc3ccccc23)cc1. The number of aromatic nitrogens is 4. The molecule has 0 atom stereocenters. The molecule has 0 aliphatic rings. The molecule has 182 valence electrons. The summed E-state index contributed by atoms with van der Waals surface area (Å²) >= 11 is 0. The number of hydrogen-bond acceptors (Lipinski definition) is 2. The minimum atomic E-state index is -0.635. The summed E-state index contributed by atoms with van der Waals surface area (Å²) in [6.07, 6.45) is 0. The Kier molecular flexibility index (Phi) is 5.49. The van der Waals surface area contributed by atoms with Crippen molar-refractivity contribution < 1.29 is 0 Å². The highest BCUT2D eigenvalue weighted by molar-refractivity contribution is 5.88. The van der Waals surface area contributed by atoms with Crippen LogP contribution < -0.4 is 11.1 Å². The summed E-state index contributed by atoms with van der Waals surface area (Å²) in [7, 11) is 0. The second-order valence-electron chi connectivity index (χ2n) is 9.47. The number of rotatable bonds is 5. The van der Waals surface area contributed by atoms with Gasteiger partial charge in [0, 0.05) is 5.92 Å². The first-order chi connectivity index (χ1) is 18.0. The summed E-state index contributed by atoms with van der Waals surface area (Å²) in [5.41, 5.74) is 6.67. The summed E-state index contributed by atoms with van der Waals surface area (Å²) in [4.78, 5) is 27.0. The van der Waals surface area contributed by atoms with Crippen molar-refractivity contribution in [3.05, 3.63) is 140 Å². The van der Waals surface area contributed by atoms with Crippen LogP contribution in [0.3, 0.4) is 0 Å². The second-order valence-corrected chi connectivity index (χ2v) is 9.47. The zero-order valence-electron chi connectivity index (χ0n) is 20.6. The van der Waals surface area contributed by atoms with Crippen molar-refractivity contribution in [2.45, 2.75) is 19.8 Å². The van der Waals surface area contributed by atoms with Gasteiger partial charge in [-0.05, 0) is 41.3 Å². The molecule has 0 saturated heterocycles. The van der Waals surface area contributed by atoms with Crippen LogP contribution >= 0.6 is 0 Å². The van der Waals surface area contributed by atoms with Crippen molar-refractivity contribution in [3.8, 4) is 22.5 Å².